The van der Waals surface area contributed by atoms with Gasteiger partial charge in [-0.1, -0.05) is 29.8 Å². The zero-order valence-corrected chi connectivity index (χ0v) is 13.1. The van der Waals surface area contributed by atoms with Gasteiger partial charge >= 0.3 is 0 Å². The maximum atomic E-state index is 10.6. The summed E-state index contributed by atoms with van der Waals surface area (Å²) in [7, 11) is 1.60. The van der Waals surface area contributed by atoms with Crippen molar-refractivity contribution in [2.45, 2.75) is 12.5 Å². The predicted octanol–water partition coefficient (Wildman–Crippen LogP) is 4.84. The summed E-state index contributed by atoms with van der Waals surface area (Å²) >= 11 is 7.73. The van der Waals surface area contributed by atoms with Crippen molar-refractivity contribution in [3.63, 3.8) is 0 Å². The highest BCUT2D eigenvalue weighted by atomic mass is 35.5. The van der Waals surface area contributed by atoms with E-state index in [1.54, 1.807) is 36.6 Å². The van der Waals surface area contributed by atoms with Crippen molar-refractivity contribution in [2.24, 2.45) is 0 Å². The number of thiophene rings is 1. The molecule has 0 saturated carbocycles. The van der Waals surface area contributed by atoms with Gasteiger partial charge in [-0.25, -0.2) is 0 Å². The van der Waals surface area contributed by atoms with E-state index in [0.29, 0.717) is 17.2 Å². The van der Waals surface area contributed by atoms with Crippen molar-refractivity contribution in [3.05, 3.63) is 64.0 Å². The second kappa shape index (κ2) is 6.06. The third kappa shape index (κ3) is 2.91. The smallest absolute Gasteiger partial charge is 0.124 e. The molecule has 4 heteroatoms. The van der Waals surface area contributed by atoms with Crippen molar-refractivity contribution in [2.75, 3.05) is 7.11 Å². The van der Waals surface area contributed by atoms with Crippen molar-refractivity contribution >= 4 is 33.0 Å². The van der Waals surface area contributed by atoms with E-state index in [0.717, 1.165) is 11.1 Å². The molecule has 0 aliphatic carbocycles. The number of benzene rings is 2. The quantitative estimate of drug-likeness (QED) is 0.746. The average Bonchev–Trinajstić information content (AvgIpc) is 2.90. The Morgan fingerprint density at radius 1 is 1.24 bits per heavy atom. The lowest BCUT2D eigenvalue weighted by Gasteiger charge is -2.15. The largest absolute Gasteiger partial charge is 0.496 e. The number of methoxy groups -OCH3 is 1. The van der Waals surface area contributed by atoms with E-state index in [-0.39, 0.29) is 0 Å². The van der Waals surface area contributed by atoms with Gasteiger partial charge in [-0.15, -0.1) is 11.3 Å². The lowest BCUT2D eigenvalue weighted by atomic mass is 10.00. The zero-order valence-electron chi connectivity index (χ0n) is 11.5. The number of aliphatic hydroxyl groups is 1. The number of halogens is 1. The van der Waals surface area contributed by atoms with Crippen molar-refractivity contribution in [1.82, 2.24) is 0 Å². The highest BCUT2D eigenvalue weighted by molar-refractivity contribution is 7.17. The summed E-state index contributed by atoms with van der Waals surface area (Å²) in [6.07, 6.45) is -0.0996. The molecule has 108 valence electrons. The molecule has 0 fully saturated rings. The standard InChI is InChI=1S/C17H15ClO2S/c1-20-16-7-6-12(18)9-14(16)15(19)8-11-10-21-17-5-3-2-4-13(11)17/h2-7,9-10,15,19H,8H2,1H3. The van der Waals surface area contributed by atoms with Gasteiger partial charge in [0.05, 0.1) is 13.2 Å². The summed E-state index contributed by atoms with van der Waals surface area (Å²) in [5.74, 6) is 0.659. The van der Waals surface area contributed by atoms with E-state index in [9.17, 15) is 5.11 Å². The Labute approximate surface area is 132 Å². The number of fused-ring (bicyclic) bond motifs is 1. The summed E-state index contributed by atoms with van der Waals surface area (Å²) in [4.78, 5) is 0. The Bertz CT molecular complexity index is 766. The van der Waals surface area contributed by atoms with E-state index in [1.165, 1.54) is 10.1 Å². The SMILES string of the molecule is COc1ccc(Cl)cc1C(O)Cc1csc2ccccc12. The van der Waals surface area contributed by atoms with Gasteiger partial charge in [0.25, 0.3) is 0 Å². The first-order valence-corrected chi connectivity index (χ1v) is 7.91. The molecule has 2 nitrogen and oxygen atoms in total. The Morgan fingerprint density at radius 2 is 2.05 bits per heavy atom. The molecule has 1 unspecified atom stereocenters. The first kappa shape index (κ1) is 14.4. The van der Waals surface area contributed by atoms with Crippen LogP contribution >= 0.6 is 22.9 Å². The Balaban J connectivity index is 1.93. The fraction of sp³-hybridized carbons (Fsp3) is 0.176. The molecule has 0 saturated heterocycles. The molecule has 0 aliphatic heterocycles. The van der Waals surface area contributed by atoms with Crippen LogP contribution in [0.15, 0.2) is 47.8 Å². The van der Waals surface area contributed by atoms with E-state index >= 15 is 0 Å². The molecule has 1 atom stereocenters. The number of hydrogen-bond donors (Lipinski definition) is 1. The Kier molecular flexibility index (Phi) is 4.15. The molecule has 0 spiro atoms. The monoisotopic (exact) mass is 318 g/mol. The third-order valence-corrected chi connectivity index (χ3v) is 4.77. The van der Waals surface area contributed by atoms with Crippen LogP contribution in [0.25, 0.3) is 10.1 Å². The molecule has 1 aromatic heterocycles. The minimum atomic E-state index is -0.642. The molecule has 3 aromatic rings. The molecule has 1 heterocycles. The van der Waals surface area contributed by atoms with E-state index < -0.39 is 6.10 Å². The minimum Gasteiger partial charge on any atom is -0.496 e. The van der Waals surface area contributed by atoms with Crippen molar-refractivity contribution < 1.29 is 9.84 Å². The van der Waals surface area contributed by atoms with Gasteiger partial charge in [-0.3, -0.25) is 0 Å². The van der Waals surface area contributed by atoms with E-state index in [2.05, 4.69) is 17.5 Å². The summed E-state index contributed by atoms with van der Waals surface area (Å²) < 4.78 is 6.55. The summed E-state index contributed by atoms with van der Waals surface area (Å²) in [5, 5.41) is 14.5. The van der Waals surface area contributed by atoms with Gasteiger partial charge in [-0.2, -0.15) is 0 Å². The number of aliphatic hydroxyl groups excluding tert-OH is 1. The molecule has 0 amide bonds. The van der Waals surface area contributed by atoms with Crippen LogP contribution in [0, 0.1) is 0 Å². The molecule has 3 rings (SSSR count). The van der Waals surface area contributed by atoms with Crippen LogP contribution in [0.2, 0.25) is 5.02 Å². The first-order chi connectivity index (χ1) is 10.2. The Morgan fingerprint density at radius 3 is 2.86 bits per heavy atom. The van der Waals surface area contributed by atoms with Crippen LogP contribution in [0.5, 0.6) is 5.75 Å². The third-order valence-electron chi connectivity index (χ3n) is 3.53. The van der Waals surface area contributed by atoms with E-state index in [4.69, 9.17) is 16.3 Å². The van der Waals surface area contributed by atoms with Gasteiger partial charge in [-0.05, 0) is 40.6 Å². The maximum absolute atomic E-state index is 10.6. The van der Waals surface area contributed by atoms with Gasteiger partial charge < -0.3 is 9.84 Å². The van der Waals surface area contributed by atoms with Gasteiger partial charge in [0.1, 0.15) is 5.75 Å². The van der Waals surface area contributed by atoms with Crippen LogP contribution in [-0.2, 0) is 6.42 Å². The summed E-state index contributed by atoms with van der Waals surface area (Å²) in [6.45, 7) is 0. The molecule has 0 aliphatic rings. The molecular formula is C17H15ClO2S. The minimum absolute atomic E-state index is 0.542. The fourth-order valence-corrected chi connectivity index (χ4v) is 3.63. The zero-order chi connectivity index (χ0) is 14.8. The van der Waals surface area contributed by atoms with Gasteiger partial charge in [0.15, 0.2) is 0 Å². The second-order valence-electron chi connectivity index (χ2n) is 4.86. The maximum Gasteiger partial charge on any atom is 0.124 e. The lowest BCUT2D eigenvalue weighted by Crippen LogP contribution is -2.04. The summed E-state index contributed by atoms with van der Waals surface area (Å²) in [5.41, 5.74) is 1.87. The van der Waals surface area contributed by atoms with E-state index in [1.807, 2.05) is 12.1 Å². The molecule has 0 radical (unpaired) electrons. The van der Waals surface area contributed by atoms with Crippen molar-refractivity contribution in [3.8, 4) is 5.75 Å². The summed E-state index contributed by atoms with van der Waals surface area (Å²) in [6, 6.07) is 13.5. The second-order valence-corrected chi connectivity index (χ2v) is 6.21. The number of hydrogen-bond acceptors (Lipinski definition) is 3. The molecule has 21 heavy (non-hydrogen) atoms. The molecule has 1 N–H and O–H groups in total. The van der Waals surface area contributed by atoms with Gasteiger partial charge in [0.2, 0.25) is 0 Å². The highest BCUT2D eigenvalue weighted by Crippen LogP contribution is 2.33. The normalized spacial score (nSPS) is 12.5. The van der Waals surface area contributed by atoms with Crippen LogP contribution < -0.4 is 4.74 Å². The van der Waals surface area contributed by atoms with Crippen LogP contribution in [0.4, 0.5) is 0 Å². The van der Waals surface area contributed by atoms with Crippen LogP contribution in [-0.4, -0.2) is 12.2 Å². The fourth-order valence-electron chi connectivity index (χ4n) is 2.47. The topological polar surface area (TPSA) is 29.5 Å². The Hall–Kier alpha value is -1.55. The van der Waals surface area contributed by atoms with Gasteiger partial charge in [0, 0.05) is 21.7 Å². The number of ether oxygens (including phenoxy) is 1. The molecule has 2 aromatic carbocycles. The van der Waals surface area contributed by atoms with Crippen LogP contribution in [0.1, 0.15) is 17.2 Å². The highest BCUT2D eigenvalue weighted by Gasteiger charge is 2.16. The average molecular weight is 319 g/mol. The van der Waals surface area contributed by atoms with Crippen LogP contribution in [0.3, 0.4) is 0 Å². The molecular weight excluding hydrogens is 304 g/mol. The lowest BCUT2D eigenvalue weighted by molar-refractivity contribution is 0.174. The first-order valence-electron chi connectivity index (χ1n) is 6.65. The van der Waals surface area contributed by atoms with Crippen molar-refractivity contribution in [1.29, 1.82) is 0 Å². The molecule has 0 bridgehead atoms. The number of rotatable bonds is 4. The predicted molar refractivity (Wildman–Crippen MR) is 88.5 cm³/mol.